The maximum Gasteiger partial charge on any atom is 0.248 e. The monoisotopic (exact) mass is 277 g/mol. The van der Waals surface area contributed by atoms with Crippen molar-refractivity contribution in [2.75, 3.05) is 12.4 Å². The first-order valence-electron chi connectivity index (χ1n) is 6.74. The summed E-state index contributed by atoms with van der Waals surface area (Å²) in [6, 6.07) is 0. The van der Waals surface area contributed by atoms with Gasteiger partial charge in [-0.1, -0.05) is 12.2 Å². The molecule has 7 nitrogen and oxygen atoms in total. The van der Waals surface area contributed by atoms with E-state index >= 15 is 0 Å². The average Bonchev–Trinajstić information content (AvgIpc) is 2.86. The first-order valence-corrected chi connectivity index (χ1v) is 6.74. The molecule has 20 heavy (non-hydrogen) atoms. The number of rotatable bonds is 5. The Morgan fingerprint density at radius 2 is 2.30 bits per heavy atom. The molecule has 108 valence electrons. The van der Waals surface area contributed by atoms with Crippen molar-refractivity contribution in [1.82, 2.24) is 20.1 Å². The summed E-state index contributed by atoms with van der Waals surface area (Å²) in [6.07, 6.45) is 9.36. The first kappa shape index (κ1) is 14.2. The lowest BCUT2D eigenvalue weighted by Gasteiger charge is -2.14. The van der Waals surface area contributed by atoms with Crippen molar-refractivity contribution in [1.29, 1.82) is 0 Å². The van der Waals surface area contributed by atoms with Gasteiger partial charge in [-0.3, -0.25) is 14.9 Å². The number of hydrogen-bond donors (Lipinski definition) is 2. The number of likely N-dealkylation sites (N-methyl/N-ethyl adjacent to an activating group) is 1. The number of carbonyl (C=O) groups excluding carboxylic acids is 2. The van der Waals surface area contributed by atoms with Crippen LogP contribution in [0.2, 0.25) is 0 Å². The number of allylic oxidation sites excluding steroid dienone is 2. The number of carbonyl (C=O) groups is 2. The minimum atomic E-state index is -0.167. The Morgan fingerprint density at radius 3 is 3.00 bits per heavy atom. The maximum absolute atomic E-state index is 11.9. The molecule has 0 bridgehead atoms. The lowest BCUT2D eigenvalue weighted by molar-refractivity contribution is -0.121. The Morgan fingerprint density at radius 1 is 1.45 bits per heavy atom. The molecule has 0 aromatic carbocycles. The largest absolute Gasteiger partial charge is 0.358 e. The van der Waals surface area contributed by atoms with E-state index in [0.717, 1.165) is 19.3 Å². The fourth-order valence-corrected chi connectivity index (χ4v) is 2.12. The molecule has 2 N–H and O–H groups in total. The zero-order valence-corrected chi connectivity index (χ0v) is 11.5. The summed E-state index contributed by atoms with van der Waals surface area (Å²) < 4.78 is 1.38. The van der Waals surface area contributed by atoms with Crippen LogP contribution in [0.15, 0.2) is 18.5 Å². The van der Waals surface area contributed by atoms with E-state index in [-0.39, 0.29) is 24.3 Å². The van der Waals surface area contributed by atoms with Gasteiger partial charge in [0.15, 0.2) is 0 Å². The molecule has 1 unspecified atom stereocenters. The molecule has 1 atom stereocenters. The molecule has 2 amide bonds. The van der Waals surface area contributed by atoms with Gasteiger partial charge in [-0.05, 0) is 25.2 Å². The smallest absolute Gasteiger partial charge is 0.248 e. The number of anilines is 1. The highest BCUT2D eigenvalue weighted by molar-refractivity contribution is 5.89. The summed E-state index contributed by atoms with van der Waals surface area (Å²) in [6.45, 7) is 0.0880. The predicted molar refractivity (Wildman–Crippen MR) is 73.8 cm³/mol. The molecule has 0 aliphatic heterocycles. The van der Waals surface area contributed by atoms with E-state index in [2.05, 4.69) is 32.9 Å². The SMILES string of the molecule is CNC(=O)Cn1cnc(NC(=O)CC2C=CCCC2)n1. The van der Waals surface area contributed by atoms with Gasteiger partial charge in [0.2, 0.25) is 17.8 Å². The van der Waals surface area contributed by atoms with Crippen molar-refractivity contribution >= 4 is 17.8 Å². The highest BCUT2D eigenvalue weighted by atomic mass is 16.2. The van der Waals surface area contributed by atoms with Gasteiger partial charge in [0.1, 0.15) is 12.9 Å². The second kappa shape index (κ2) is 6.83. The van der Waals surface area contributed by atoms with Crippen LogP contribution in [-0.4, -0.2) is 33.6 Å². The van der Waals surface area contributed by atoms with Gasteiger partial charge in [0.05, 0.1) is 0 Å². The van der Waals surface area contributed by atoms with Crippen LogP contribution < -0.4 is 10.6 Å². The van der Waals surface area contributed by atoms with E-state index in [0.29, 0.717) is 12.3 Å². The third-order valence-corrected chi connectivity index (χ3v) is 3.17. The fourth-order valence-electron chi connectivity index (χ4n) is 2.12. The number of hydrogen-bond acceptors (Lipinski definition) is 4. The van der Waals surface area contributed by atoms with Gasteiger partial charge >= 0.3 is 0 Å². The molecule has 2 rings (SSSR count). The summed E-state index contributed by atoms with van der Waals surface area (Å²) in [7, 11) is 1.56. The van der Waals surface area contributed by atoms with E-state index < -0.39 is 0 Å². The molecule has 1 aliphatic rings. The van der Waals surface area contributed by atoms with Crippen molar-refractivity contribution in [3.8, 4) is 0 Å². The molecule has 1 aliphatic carbocycles. The third kappa shape index (κ3) is 4.18. The van der Waals surface area contributed by atoms with Crippen molar-refractivity contribution in [2.45, 2.75) is 32.2 Å². The molecule has 0 saturated heterocycles. The van der Waals surface area contributed by atoms with Crippen LogP contribution in [0.4, 0.5) is 5.95 Å². The van der Waals surface area contributed by atoms with Crippen LogP contribution in [0.25, 0.3) is 0 Å². The van der Waals surface area contributed by atoms with Crippen molar-refractivity contribution in [3.63, 3.8) is 0 Å². The molecule has 1 aromatic rings. The quantitative estimate of drug-likeness (QED) is 0.776. The molecular formula is C13H19N5O2. The molecule has 0 spiro atoms. The molecule has 0 saturated carbocycles. The van der Waals surface area contributed by atoms with Crippen molar-refractivity contribution in [3.05, 3.63) is 18.5 Å². The zero-order chi connectivity index (χ0) is 14.4. The minimum absolute atomic E-state index is 0.0880. The van der Waals surface area contributed by atoms with E-state index in [1.54, 1.807) is 7.05 Å². The second-order valence-corrected chi connectivity index (χ2v) is 4.81. The Hall–Kier alpha value is -2.18. The minimum Gasteiger partial charge on any atom is -0.358 e. The lowest BCUT2D eigenvalue weighted by Crippen LogP contribution is -2.24. The number of nitrogens with zero attached hydrogens (tertiary/aromatic N) is 3. The van der Waals surface area contributed by atoms with Gasteiger partial charge in [-0.2, -0.15) is 0 Å². The Bertz CT molecular complexity index is 509. The highest BCUT2D eigenvalue weighted by Crippen LogP contribution is 2.20. The molecule has 1 heterocycles. The average molecular weight is 277 g/mol. The number of aromatic nitrogens is 3. The van der Waals surface area contributed by atoms with E-state index in [4.69, 9.17) is 0 Å². The van der Waals surface area contributed by atoms with E-state index in [1.165, 1.54) is 11.0 Å². The van der Waals surface area contributed by atoms with Crippen LogP contribution >= 0.6 is 0 Å². The number of amides is 2. The summed E-state index contributed by atoms with van der Waals surface area (Å²) in [4.78, 5) is 27.0. The molecule has 0 fully saturated rings. The zero-order valence-electron chi connectivity index (χ0n) is 11.5. The standard InChI is InChI=1S/C13H19N5O2/c1-14-12(20)8-18-9-15-13(17-18)16-11(19)7-10-5-3-2-4-6-10/h3,5,9-10H,2,4,6-8H2,1H3,(H,14,20)(H,16,17,19). The van der Waals surface area contributed by atoms with Gasteiger partial charge in [-0.15, -0.1) is 5.10 Å². The van der Waals surface area contributed by atoms with E-state index in [9.17, 15) is 9.59 Å². The van der Waals surface area contributed by atoms with Crippen molar-refractivity contribution in [2.24, 2.45) is 5.92 Å². The summed E-state index contributed by atoms with van der Waals surface area (Å²) in [5.74, 6) is 0.273. The molecule has 7 heteroatoms. The summed E-state index contributed by atoms with van der Waals surface area (Å²) in [5, 5.41) is 9.17. The molecule has 0 radical (unpaired) electrons. The van der Waals surface area contributed by atoms with Crippen LogP contribution in [0.3, 0.4) is 0 Å². The highest BCUT2D eigenvalue weighted by Gasteiger charge is 2.14. The van der Waals surface area contributed by atoms with Gasteiger partial charge in [-0.25, -0.2) is 9.67 Å². The summed E-state index contributed by atoms with van der Waals surface area (Å²) >= 11 is 0. The first-order chi connectivity index (χ1) is 9.67. The van der Waals surface area contributed by atoms with Gasteiger partial charge in [0, 0.05) is 13.5 Å². The molecule has 1 aromatic heterocycles. The maximum atomic E-state index is 11.9. The van der Waals surface area contributed by atoms with Crippen LogP contribution in [0.1, 0.15) is 25.7 Å². The van der Waals surface area contributed by atoms with Crippen LogP contribution in [0.5, 0.6) is 0 Å². The molecular weight excluding hydrogens is 258 g/mol. The second-order valence-electron chi connectivity index (χ2n) is 4.81. The third-order valence-electron chi connectivity index (χ3n) is 3.17. The van der Waals surface area contributed by atoms with E-state index in [1.807, 2.05) is 0 Å². The Balaban J connectivity index is 1.83. The Kier molecular flexibility index (Phi) is 4.86. The normalized spacial score (nSPS) is 17.8. The lowest BCUT2D eigenvalue weighted by atomic mass is 9.93. The number of nitrogens with one attached hydrogen (secondary N) is 2. The topological polar surface area (TPSA) is 88.9 Å². The summed E-state index contributed by atoms with van der Waals surface area (Å²) in [5.41, 5.74) is 0. The van der Waals surface area contributed by atoms with Gasteiger partial charge < -0.3 is 5.32 Å². The van der Waals surface area contributed by atoms with Crippen LogP contribution in [0, 0.1) is 5.92 Å². The predicted octanol–water partition coefficient (Wildman–Crippen LogP) is 0.709. The fraction of sp³-hybridized carbons (Fsp3) is 0.538. The van der Waals surface area contributed by atoms with Gasteiger partial charge in [0.25, 0.3) is 0 Å². The van der Waals surface area contributed by atoms with Crippen LogP contribution in [-0.2, 0) is 16.1 Å². The van der Waals surface area contributed by atoms with Crippen molar-refractivity contribution < 1.29 is 9.59 Å². The Labute approximate surface area is 117 Å².